The smallest absolute Gasteiger partial charge is 0.248 e. The number of primary amides is 1. The van der Waals surface area contributed by atoms with E-state index in [2.05, 4.69) is 27.2 Å². The molecule has 0 aliphatic rings. The van der Waals surface area contributed by atoms with Crippen LogP contribution in [0.25, 0.3) is 0 Å². The summed E-state index contributed by atoms with van der Waals surface area (Å²) in [7, 11) is 0. The van der Waals surface area contributed by atoms with Crippen LogP contribution in [0.1, 0.15) is 21.5 Å². The Hall–Kier alpha value is -3.91. The largest absolute Gasteiger partial charge is 0.486 e. The van der Waals surface area contributed by atoms with Crippen molar-refractivity contribution < 1.29 is 14.3 Å². The van der Waals surface area contributed by atoms with Crippen LogP contribution in [0.5, 0.6) is 5.75 Å². The zero-order chi connectivity index (χ0) is 22.4. The first-order valence-electron chi connectivity index (χ1n) is 9.20. The Balaban J connectivity index is 1.71. The fraction of sp³-hybridized carbons (Fsp3) is 0.0909. The van der Waals surface area contributed by atoms with Crippen LogP contribution in [0.15, 0.2) is 61.4 Å². The van der Waals surface area contributed by atoms with Gasteiger partial charge in [0.15, 0.2) is 5.75 Å². The summed E-state index contributed by atoms with van der Waals surface area (Å²) >= 11 is 6.15. The van der Waals surface area contributed by atoms with Crippen molar-refractivity contribution in [1.82, 2.24) is 9.97 Å². The molecule has 0 radical (unpaired) electrons. The summed E-state index contributed by atoms with van der Waals surface area (Å²) in [6.07, 6.45) is 4.20. The molecule has 0 fully saturated rings. The number of anilines is 3. The molecule has 3 aromatic rings. The second-order valence-corrected chi connectivity index (χ2v) is 6.92. The van der Waals surface area contributed by atoms with Gasteiger partial charge in [0.2, 0.25) is 17.8 Å². The van der Waals surface area contributed by atoms with Gasteiger partial charge in [-0.1, -0.05) is 30.3 Å². The number of nitrogens with two attached hydrogens (primary N) is 1. The van der Waals surface area contributed by atoms with Crippen molar-refractivity contribution in [1.29, 1.82) is 0 Å². The number of amides is 2. The van der Waals surface area contributed by atoms with Gasteiger partial charge in [-0.2, -0.15) is 0 Å². The number of carbonyl (C=O) groups is 2. The fourth-order valence-corrected chi connectivity index (χ4v) is 2.86. The van der Waals surface area contributed by atoms with Crippen molar-refractivity contribution >= 4 is 40.7 Å². The molecule has 0 spiro atoms. The van der Waals surface area contributed by atoms with Crippen molar-refractivity contribution in [2.24, 2.45) is 5.73 Å². The molecule has 0 bridgehead atoms. The fourth-order valence-electron chi connectivity index (χ4n) is 2.69. The molecule has 4 N–H and O–H groups in total. The number of halogens is 1. The number of benzene rings is 2. The molecular weight excluding hydrogens is 418 g/mol. The van der Waals surface area contributed by atoms with Crippen LogP contribution in [0.4, 0.5) is 17.3 Å². The van der Waals surface area contributed by atoms with Crippen molar-refractivity contribution in [2.45, 2.75) is 13.5 Å². The standard InChI is InChI=1S/C22H20ClN5O3/c1-3-19(29)27-18-6-4-5-13(2)20(18)28-22-25-10-16(11-26-22)31-12-15-9-14(21(24)30)7-8-17(15)23/h3-11H,1,12H2,2H3,(H2,24,30)(H,27,29)(H,25,26,28). The van der Waals surface area contributed by atoms with Gasteiger partial charge < -0.3 is 21.1 Å². The Kier molecular flexibility index (Phi) is 6.84. The van der Waals surface area contributed by atoms with E-state index in [-0.39, 0.29) is 12.5 Å². The Morgan fingerprint density at radius 2 is 1.97 bits per heavy atom. The average Bonchev–Trinajstić information content (AvgIpc) is 2.76. The van der Waals surface area contributed by atoms with Gasteiger partial charge in [-0.15, -0.1) is 0 Å². The summed E-state index contributed by atoms with van der Waals surface area (Å²) in [4.78, 5) is 31.5. The maximum atomic E-state index is 11.7. The monoisotopic (exact) mass is 437 g/mol. The number of aryl methyl sites for hydroxylation is 1. The van der Waals surface area contributed by atoms with Gasteiger partial charge in [-0.3, -0.25) is 9.59 Å². The summed E-state index contributed by atoms with van der Waals surface area (Å²) in [6.45, 7) is 5.47. The van der Waals surface area contributed by atoms with Gasteiger partial charge in [0.05, 0.1) is 23.8 Å². The highest BCUT2D eigenvalue weighted by molar-refractivity contribution is 6.31. The van der Waals surface area contributed by atoms with Crippen LogP contribution < -0.4 is 21.1 Å². The molecule has 0 atom stereocenters. The first kappa shape index (κ1) is 21.8. The molecule has 0 saturated heterocycles. The van der Waals surface area contributed by atoms with Gasteiger partial charge in [0, 0.05) is 16.1 Å². The minimum atomic E-state index is -0.545. The van der Waals surface area contributed by atoms with Gasteiger partial charge in [-0.05, 0) is 42.8 Å². The molecule has 1 aromatic heterocycles. The predicted molar refractivity (Wildman–Crippen MR) is 120 cm³/mol. The third-order valence-electron chi connectivity index (χ3n) is 4.31. The summed E-state index contributed by atoms with van der Waals surface area (Å²) in [5.41, 5.74) is 8.40. The number of para-hydroxylation sites is 1. The SMILES string of the molecule is C=CC(=O)Nc1cccc(C)c1Nc1ncc(OCc2cc(C(N)=O)ccc2Cl)cn1. The average molecular weight is 438 g/mol. The molecular formula is C22H20ClN5O3. The van der Waals surface area contributed by atoms with Crippen LogP contribution in [0, 0.1) is 6.92 Å². The van der Waals surface area contributed by atoms with E-state index in [0.29, 0.717) is 39.2 Å². The van der Waals surface area contributed by atoms with Crippen LogP contribution in [-0.2, 0) is 11.4 Å². The number of rotatable bonds is 8. The number of nitrogens with one attached hydrogen (secondary N) is 2. The molecule has 0 unspecified atom stereocenters. The number of hydrogen-bond donors (Lipinski definition) is 3. The second-order valence-electron chi connectivity index (χ2n) is 6.52. The maximum Gasteiger partial charge on any atom is 0.248 e. The van der Waals surface area contributed by atoms with E-state index >= 15 is 0 Å². The van der Waals surface area contributed by atoms with Crippen LogP contribution >= 0.6 is 11.6 Å². The van der Waals surface area contributed by atoms with Gasteiger partial charge in [-0.25, -0.2) is 9.97 Å². The van der Waals surface area contributed by atoms with Crippen LogP contribution in [0.2, 0.25) is 5.02 Å². The summed E-state index contributed by atoms with van der Waals surface area (Å²) in [5.74, 6) is -0.130. The van der Waals surface area contributed by atoms with Crippen LogP contribution in [0.3, 0.4) is 0 Å². The van der Waals surface area contributed by atoms with Gasteiger partial charge in [0.1, 0.15) is 6.61 Å². The third kappa shape index (κ3) is 5.58. The van der Waals surface area contributed by atoms with E-state index in [0.717, 1.165) is 5.56 Å². The Labute approximate surface area is 184 Å². The van der Waals surface area contributed by atoms with E-state index in [1.165, 1.54) is 18.5 Å². The minimum Gasteiger partial charge on any atom is -0.486 e. The molecule has 9 heteroatoms. The van der Waals surface area contributed by atoms with E-state index in [4.69, 9.17) is 22.1 Å². The molecule has 31 heavy (non-hydrogen) atoms. The maximum absolute atomic E-state index is 11.7. The first-order valence-corrected chi connectivity index (χ1v) is 9.58. The summed E-state index contributed by atoms with van der Waals surface area (Å²) < 4.78 is 5.67. The molecule has 2 aromatic carbocycles. The molecule has 0 saturated carbocycles. The summed E-state index contributed by atoms with van der Waals surface area (Å²) in [5, 5.41) is 6.30. The normalized spacial score (nSPS) is 10.3. The lowest BCUT2D eigenvalue weighted by molar-refractivity contribution is -0.111. The van der Waals surface area contributed by atoms with E-state index in [1.807, 2.05) is 19.1 Å². The highest BCUT2D eigenvalue weighted by atomic mass is 35.5. The van der Waals surface area contributed by atoms with E-state index in [1.54, 1.807) is 24.3 Å². The highest BCUT2D eigenvalue weighted by Gasteiger charge is 2.10. The molecule has 0 aliphatic heterocycles. The molecule has 3 rings (SSSR count). The Bertz CT molecular complexity index is 1130. The number of ether oxygens (including phenoxy) is 1. The lowest BCUT2D eigenvalue weighted by atomic mass is 10.1. The quantitative estimate of drug-likeness (QED) is 0.458. The number of aromatic nitrogens is 2. The Morgan fingerprint density at radius 3 is 2.65 bits per heavy atom. The molecule has 2 amide bonds. The molecule has 8 nitrogen and oxygen atoms in total. The number of nitrogens with zero attached hydrogens (tertiary/aromatic N) is 2. The zero-order valence-corrected chi connectivity index (χ0v) is 17.4. The van der Waals surface area contributed by atoms with Gasteiger partial charge in [0.25, 0.3) is 0 Å². The van der Waals surface area contributed by atoms with E-state index < -0.39 is 5.91 Å². The first-order chi connectivity index (χ1) is 14.9. The third-order valence-corrected chi connectivity index (χ3v) is 4.67. The lowest BCUT2D eigenvalue weighted by Gasteiger charge is -2.14. The number of carbonyl (C=O) groups excluding carboxylic acids is 2. The zero-order valence-electron chi connectivity index (χ0n) is 16.7. The van der Waals surface area contributed by atoms with Crippen molar-refractivity contribution in [2.75, 3.05) is 10.6 Å². The van der Waals surface area contributed by atoms with Gasteiger partial charge >= 0.3 is 0 Å². The van der Waals surface area contributed by atoms with Crippen LogP contribution in [-0.4, -0.2) is 21.8 Å². The minimum absolute atomic E-state index is 0.117. The topological polar surface area (TPSA) is 119 Å². The van der Waals surface area contributed by atoms with Crippen molar-refractivity contribution in [3.8, 4) is 5.75 Å². The highest BCUT2D eigenvalue weighted by Crippen LogP contribution is 2.28. The van der Waals surface area contributed by atoms with E-state index in [9.17, 15) is 9.59 Å². The Morgan fingerprint density at radius 1 is 1.23 bits per heavy atom. The number of hydrogen-bond acceptors (Lipinski definition) is 6. The lowest BCUT2D eigenvalue weighted by Crippen LogP contribution is -2.11. The predicted octanol–water partition coefficient (Wildman–Crippen LogP) is 3.98. The second kappa shape index (κ2) is 9.73. The molecule has 158 valence electrons. The molecule has 1 heterocycles. The van der Waals surface area contributed by atoms with Crippen molar-refractivity contribution in [3.63, 3.8) is 0 Å². The van der Waals surface area contributed by atoms with Crippen molar-refractivity contribution in [3.05, 3.63) is 83.2 Å². The summed E-state index contributed by atoms with van der Waals surface area (Å²) in [6, 6.07) is 10.2. The molecule has 0 aliphatic carbocycles.